The molecule has 10 heteroatoms. The fourth-order valence-corrected chi connectivity index (χ4v) is 7.38. The zero-order chi connectivity index (χ0) is 32.5. The number of morpholine rings is 1. The Kier molecular flexibility index (Phi) is 11.5. The monoisotopic (exact) mass is 644 g/mol. The minimum atomic E-state index is -0.158. The average Bonchev–Trinajstić information content (AvgIpc) is 3.59. The number of rotatable bonds is 11. The predicted molar refractivity (Wildman–Crippen MR) is 185 cm³/mol. The van der Waals surface area contributed by atoms with Crippen LogP contribution in [0.3, 0.4) is 0 Å². The second-order valence-electron chi connectivity index (χ2n) is 13.2. The molecule has 2 fully saturated rings. The van der Waals surface area contributed by atoms with Gasteiger partial charge in [-0.25, -0.2) is 4.98 Å². The van der Waals surface area contributed by atoms with E-state index in [0.29, 0.717) is 25.3 Å². The van der Waals surface area contributed by atoms with Crippen LogP contribution in [0.25, 0.3) is 11.3 Å². The van der Waals surface area contributed by atoms with Crippen LogP contribution in [0.1, 0.15) is 79.3 Å². The molecular formula is C37H52N6O4. The number of fused-ring (bicyclic) bond motifs is 2. The van der Waals surface area contributed by atoms with E-state index >= 15 is 0 Å². The van der Waals surface area contributed by atoms with Gasteiger partial charge >= 0.3 is 0 Å². The summed E-state index contributed by atoms with van der Waals surface area (Å²) in [5.41, 5.74) is 4.84. The number of ether oxygens (including phenoxy) is 3. The molecule has 6 rings (SSSR count). The lowest BCUT2D eigenvalue weighted by Gasteiger charge is -2.44. The summed E-state index contributed by atoms with van der Waals surface area (Å²) >= 11 is 0. The number of methoxy groups -OCH3 is 1. The van der Waals surface area contributed by atoms with Crippen LogP contribution in [0.4, 0.5) is 5.69 Å². The van der Waals surface area contributed by atoms with E-state index in [-0.39, 0.29) is 17.6 Å². The molecule has 3 aliphatic rings. The fraction of sp³-hybridized carbons (Fsp3) is 0.568. The van der Waals surface area contributed by atoms with Crippen LogP contribution in [-0.2, 0) is 15.0 Å². The number of anilines is 1. The lowest BCUT2D eigenvalue weighted by Crippen LogP contribution is -2.52. The smallest absolute Gasteiger partial charge is 0.251 e. The quantitative estimate of drug-likeness (QED) is 0.236. The SMILES string of the molecule is COc1ccc(-c2cnc3n2C2(CCCCCCCC2)CNC3Nc2ccc(C(=O)NCCOCCN3CCOCC3)c(C)c2)cc1. The van der Waals surface area contributed by atoms with Crippen molar-refractivity contribution in [2.24, 2.45) is 0 Å². The first-order valence-electron chi connectivity index (χ1n) is 17.6. The van der Waals surface area contributed by atoms with E-state index < -0.39 is 0 Å². The molecule has 3 heterocycles. The topological polar surface area (TPSA) is 102 Å². The standard InChI is InChI=1S/C37H52N6O4/c1-28-25-30(11-14-32(28)36(44)38-17-21-46-22-18-42-19-23-47-24-20-42)41-34-35-39-26-33(29-9-12-31(45-2)13-10-29)43(35)37(27-40-34)15-7-5-3-4-6-8-16-37/h9-14,25-26,34,40-41H,3-8,15-24,27H2,1-2H3,(H,38,44). The molecule has 0 radical (unpaired) electrons. The second-order valence-corrected chi connectivity index (χ2v) is 13.2. The largest absolute Gasteiger partial charge is 0.497 e. The number of hydrogen-bond donors (Lipinski definition) is 3. The van der Waals surface area contributed by atoms with Crippen molar-refractivity contribution in [1.29, 1.82) is 0 Å². The number of amides is 1. The van der Waals surface area contributed by atoms with E-state index in [9.17, 15) is 4.79 Å². The Hall–Kier alpha value is -3.44. The van der Waals surface area contributed by atoms with Gasteiger partial charge < -0.3 is 29.4 Å². The fourth-order valence-electron chi connectivity index (χ4n) is 7.38. The normalized spacial score (nSPS) is 20.1. The van der Waals surface area contributed by atoms with Crippen molar-refractivity contribution >= 4 is 11.6 Å². The number of imidazole rings is 1. The number of nitrogens with zero attached hydrogens (tertiary/aromatic N) is 3. The van der Waals surface area contributed by atoms with Gasteiger partial charge in [0.15, 0.2) is 0 Å². The maximum Gasteiger partial charge on any atom is 0.251 e. The van der Waals surface area contributed by atoms with Crippen LogP contribution >= 0.6 is 0 Å². The molecular weight excluding hydrogens is 592 g/mol. The summed E-state index contributed by atoms with van der Waals surface area (Å²) in [5.74, 6) is 1.78. The second kappa shape index (κ2) is 16.1. The van der Waals surface area contributed by atoms with E-state index in [1.54, 1.807) is 7.11 Å². The molecule has 1 amide bonds. The molecule has 1 unspecified atom stereocenters. The summed E-state index contributed by atoms with van der Waals surface area (Å²) in [6.45, 7) is 8.88. The van der Waals surface area contributed by atoms with Crippen LogP contribution in [-0.4, -0.2) is 86.6 Å². The van der Waals surface area contributed by atoms with Crippen molar-refractivity contribution in [3.63, 3.8) is 0 Å². The third kappa shape index (κ3) is 8.17. The van der Waals surface area contributed by atoms with Crippen molar-refractivity contribution < 1.29 is 19.0 Å². The molecule has 1 saturated heterocycles. The Balaban J connectivity index is 1.13. The summed E-state index contributed by atoms with van der Waals surface area (Å²) in [4.78, 5) is 20.4. The van der Waals surface area contributed by atoms with Gasteiger partial charge in [-0.3, -0.25) is 15.0 Å². The molecule has 3 N–H and O–H groups in total. The number of benzene rings is 2. The third-order valence-corrected chi connectivity index (χ3v) is 10.0. The average molecular weight is 645 g/mol. The minimum Gasteiger partial charge on any atom is -0.497 e. The van der Waals surface area contributed by atoms with Crippen molar-refractivity contribution in [3.05, 3.63) is 65.6 Å². The van der Waals surface area contributed by atoms with Gasteiger partial charge in [-0.1, -0.05) is 38.5 Å². The number of aromatic nitrogens is 2. The molecule has 10 nitrogen and oxygen atoms in total. The molecule has 3 aromatic rings. The lowest BCUT2D eigenvalue weighted by atomic mass is 9.84. The van der Waals surface area contributed by atoms with Gasteiger partial charge in [-0.15, -0.1) is 0 Å². The summed E-state index contributed by atoms with van der Waals surface area (Å²) in [6, 6.07) is 14.3. The van der Waals surface area contributed by atoms with Gasteiger partial charge in [0.25, 0.3) is 5.91 Å². The predicted octanol–water partition coefficient (Wildman–Crippen LogP) is 5.49. The van der Waals surface area contributed by atoms with Crippen LogP contribution in [0.2, 0.25) is 0 Å². The Labute approximate surface area is 279 Å². The maximum atomic E-state index is 13.0. The molecule has 254 valence electrons. The van der Waals surface area contributed by atoms with Crippen LogP contribution in [0.5, 0.6) is 5.75 Å². The molecule has 1 saturated carbocycles. The minimum absolute atomic E-state index is 0.0201. The highest BCUT2D eigenvalue weighted by molar-refractivity contribution is 5.96. The third-order valence-electron chi connectivity index (χ3n) is 10.0. The van der Waals surface area contributed by atoms with Crippen LogP contribution < -0.4 is 20.7 Å². The molecule has 2 aliphatic heterocycles. The van der Waals surface area contributed by atoms with Crippen molar-refractivity contribution in [2.45, 2.75) is 70.0 Å². The maximum absolute atomic E-state index is 13.0. The van der Waals surface area contributed by atoms with Gasteiger partial charge in [-0.05, 0) is 67.8 Å². The number of carbonyl (C=O) groups excluding carboxylic acids is 1. The summed E-state index contributed by atoms with van der Waals surface area (Å²) in [6.07, 6.45) is 11.8. The van der Waals surface area contributed by atoms with Crippen molar-refractivity contribution in [3.8, 4) is 17.0 Å². The number of nitrogens with one attached hydrogen (secondary N) is 3. The first kappa shape index (κ1) is 33.5. The van der Waals surface area contributed by atoms with E-state index in [4.69, 9.17) is 19.2 Å². The molecule has 0 bridgehead atoms. The van der Waals surface area contributed by atoms with E-state index in [0.717, 1.165) is 86.3 Å². The summed E-state index contributed by atoms with van der Waals surface area (Å²) in [7, 11) is 1.70. The van der Waals surface area contributed by atoms with E-state index in [1.807, 2.05) is 37.4 Å². The Morgan fingerprint density at radius 3 is 2.49 bits per heavy atom. The van der Waals surface area contributed by atoms with Gasteiger partial charge in [0, 0.05) is 49.5 Å². The van der Waals surface area contributed by atoms with Crippen molar-refractivity contribution in [1.82, 2.24) is 25.1 Å². The molecule has 47 heavy (non-hydrogen) atoms. The van der Waals surface area contributed by atoms with Crippen LogP contribution in [0.15, 0.2) is 48.7 Å². The highest BCUT2D eigenvalue weighted by Crippen LogP contribution is 2.41. The summed E-state index contributed by atoms with van der Waals surface area (Å²) in [5, 5.41) is 10.6. The lowest BCUT2D eigenvalue weighted by molar-refractivity contribution is 0.0207. The van der Waals surface area contributed by atoms with Crippen molar-refractivity contribution in [2.75, 3.05) is 71.6 Å². The first-order chi connectivity index (χ1) is 23.1. The van der Waals surface area contributed by atoms with Gasteiger partial charge in [0.05, 0.1) is 51.0 Å². The summed E-state index contributed by atoms with van der Waals surface area (Å²) < 4.78 is 19.1. The zero-order valence-corrected chi connectivity index (χ0v) is 28.2. The van der Waals surface area contributed by atoms with Gasteiger partial charge in [0.1, 0.15) is 17.7 Å². The number of aryl methyl sites for hydroxylation is 1. The molecule has 1 aliphatic carbocycles. The van der Waals surface area contributed by atoms with Gasteiger partial charge in [0.2, 0.25) is 0 Å². The number of hydrogen-bond acceptors (Lipinski definition) is 8. The molecule has 2 aromatic carbocycles. The zero-order valence-electron chi connectivity index (χ0n) is 28.2. The first-order valence-corrected chi connectivity index (χ1v) is 17.6. The Bertz CT molecular complexity index is 1440. The van der Waals surface area contributed by atoms with E-state index in [2.05, 4.69) is 43.6 Å². The number of carbonyl (C=O) groups is 1. The Morgan fingerprint density at radius 1 is 1.02 bits per heavy atom. The Morgan fingerprint density at radius 2 is 1.77 bits per heavy atom. The molecule has 1 spiro atoms. The highest BCUT2D eigenvalue weighted by atomic mass is 16.5. The van der Waals surface area contributed by atoms with Crippen LogP contribution in [0, 0.1) is 6.92 Å². The molecule has 1 atom stereocenters. The molecule has 1 aromatic heterocycles. The van der Waals surface area contributed by atoms with E-state index in [1.165, 1.54) is 38.5 Å². The highest BCUT2D eigenvalue weighted by Gasteiger charge is 2.41. The van der Waals surface area contributed by atoms with Gasteiger partial charge in [-0.2, -0.15) is 0 Å².